The Morgan fingerprint density at radius 1 is 0.783 bits per heavy atom. The number of anilines is 2. The van der Waals surface area contributed by atoms with Gasteiger partial charge in [-0.3, -0.25) is 0 Å². The van der Waals surface area contributed by atoms with Gasteiger partial charge in [-0.15, -0.1) is 0 Å². The van der Waals surface area contributed by atoms with Crippen molar-refractivity contribution in [3.8, 4) is 11.5 Å². The van der Waals surface area contributed by atoms with E-state index in [0.717, 1.165) is 5.56 Å². The molecule has 1 unspecified atom stereocenters. The van der Waals surface area contributed by atoms with E-state index in [1.807, 2.05) is 30.3 Å². The molecule has 0 aliphatic rings. The van der Waals surface area contributed by atoms with Gasteiger partial charge in [0.25, 0.3) is 0 Å². The zero-order valence-corrected chi connectivity index (χ0v) is 12.5. The lowest BCUT2D eigenvalue weighted by Gasteiger charge is -2.14. The number of hydrogen-bond donors (Lipinski definition) is 3. The second-order valence-electron chi connectivity index (χ2n) is 5.28. The SMILES string of the molecule is Nc1ccc(C(O)c2ccc(Oc3ccccc3)c(N)c2)cc1. The van der Waals surface area contributed by atoms with Gasteiger partial charge in [-0.2, -0.15) is 0 Å². The summed E-state index contributed by atoms with van der Waals surface area (Å²) in [7, 11) is 0. The van der Waals surface area contributed by atoms with Gasteiger partial charge < -0.3 is 21.3 Å². The summed E-state index contributed by atoms with van der Waals surface area (Å²) in [5, 5.41) is 10.5. The Morgan fingerprint density at radius 3 is 2.09 bits per heavy atom. The molecule has 0 radical (unpaired) electrons. The average molecular weight is 306 g/mol. The molecule has 3 aromatic carbocycles. The molecule has 0 aliphatic carbocycles. The van der Waals surface area contributed by atoms with Gasteiger partial charge in [0, 0.05) is 5.69 Å². The number of benzene rings is 3. The summed E-state index contributed by atoms with van der Waals surface area (Å²) in [6.07, 6.45) is -0.760. The third kappa shape index (κ3) is 3.44. The van der Waals surface area contributed by atoms with E-state index >= 15 is 0 Å². The quantitative estimate of drug-likeness (QED) is 0.642. The van der Waals surface area contributed by atoms with Crippen molar-refractivity contribution in [1.82, 2.24) is 0 Å². The molecule has 4 heteroatoms. The number of rotatable bonds is 4. The molecular formula is C19H18N2O2. The van der Waals surface area contributed by atoms with Crippen molar-refractivity contribution in [2.75, 3.05) is 11.5 Å². The van der Waals surface area contributed by atoms with E-state index in [1.54, 1.807) is 42.5 Å². The first-order chi connectivity index (χ1) is 11.1. The first-order valence-electron chi connectivity index (χ1n) is 7.29. The van der Waals surface area contributed by atoms with Gasteiger partial charge in [0.2, 0.25) is 0 Å². The standard InChI is InChI=1S/C19H18N2O2/c20-15-9-6-13(7-10-15)19(22)14-8-11-18(17(21)12-14)23-16-4-2-1-3-5-16/h1-12,19,22H,20-21H2. The highest BCUT2D eigenvalue weighted by Crippen LogP contribution is 2.31. The van der Waals surface area contributed by atoms with E-state index in [1.165, 1.54) is 0 Å². The van der Waals surface area contributed by atoms with Crippen LogP contribution in [0.1, 0.15) is 17.2 Å². The van der Waals surface area contributed by atoms with Crippen molar-refractivity contribution >= 4 is 11.4 Å². The number of nitrogen functional groups attached to an aromatic ring is 2. The number of nitrogens with two attached hydrogens (primary N) is 2. The lowest BCUT2D eigenvalue weighted by atomic mass is 10.0. The molecule has 4 nitrogen and oxygen atoms in total. The zero-order chi connectivity index (χ0) is 16.2. The van der Waals surface area contributed by atoms with Crippen LogP contribution in [0, 0.1) is 0 Å². The Labute approximate surface area is 134 Å². The molecule has 0 fully saturated rings. The molecule has 0 aliphatic heterocycles. The lowest BCUT2D eigenvalue weighted by molar-refractivity contribution is 0.220. The van der Waals surface area contributed by atoms with Gasteiger partial charge in [-0.05, 0) is 47.5 Å². The molecule has 0 heterocycles. The second kappa shape index (κ2) is 6.42. The number of para-hydroxylation sites is 1. The smallest absolute Gasteiger partial charge is 0.150 e. The zero-order valence-electron chi connectivity index (χ0n) is 12.5. The molecule has 0 aromatic heterocycles. The van der Waals surface area contributed by atoms with E-state index in [9.17, 15) is 5.11 Å². The summed E-state index contributed by atoms with van der Waals surface area (Å²) in [5.74, 6) is 1.27. The molecule has 0 spiro atoms. The highest BCUT2D eigenvalue weighted by Gasteiger charge is 2.12. The molecule has 0 saturated carbocycles. The normalized spacial score (nSPS) is 11.9. The lowest BCUT2D eigenvalue weighted by Crippen LogP contribution is -2.02. The fourth-order valence-electron chi connectivity index (χ4n) is 2.32. The van der Waals surface area contributed by atoms with Crippen LogP contribution in [0.2, 0.25) is 0 Å². The summed E-state index contributed by atoms with van der Waals surface area (Å²) in [4.78, 5) is 0. The van der Waals surface area contributed by atoms with Crippen molar-refractivity contribution in [3.05, 3.63) is 83.9 Å². The van der Waals surface area contributed by atoms with Crippen LogP contribution in [-0.2, 0) is 0 Å². The number of aliphatic hydroxyl groups is 1. The average Bonchev–Trinajstić information content (AvgIpc) is 2.58. The first-order valence-corrected chi connectivity index (χ1v) is 7.29. The van der Waals surface area contributed by atoms with Crippen molar-refractivity contribution < 1.29 is 9.84 Å². The largest absolute Gasteiger partial charge is 0.455 e. The highest BCUT2D eigenvalue weighted by molar-refractivity contribution is 5.57. The van der Waals surface area contributed by atoms with E-state index < -0.39 is 6.10 Å². The van der Waals surface area contributed by atoms with Crippen LogP contribution in [0.5, 0.6) is 11.5 Å². The van der Waals surface area contributed by atoms with Crippen LogP contribution in [0.15, 0.2) is 72.8 Å². The minimum Gasteiger partial charge on any atom is -0.455 e. The van der Waals surface area contributed by atoms with Crippen molar-refractivity contribution in [1.29, 1.82) is 0 Å². The van der Waals surface area contributed by atoms with E-state index in [2.05, 4.69) is 0 Å². The maximum atomic E-state index is 10.5. The Kier molecular flexibility index (Phi) is 4.17. The summed E-state index contributed by atoms with van der Waals surface area (Å²) in [6, 6.07) is 21.8. The fraction of sp³-hybridized carbons (Fsp3) is 0.0526. The Balaban J connectivity index is 1.82. The summed E-state index contributed by atoms with van der Waals surface area (Å²) in [5.41, 5.74) is 14.3. The minimum absolute atomic E-state index is 0.473. The molecule has 1 atom stereocenters. The second-order valence-corrected chi connectivity index (χ2v) is 5.28. The van der Waals surface area contributed by atoms with Gasteiger partial charge >= 0.3 is 0 Å². The topological polar surface area (TPSA) is 81.5 Å². The van der Waals surface area contributed by atoms with Crippen molar-refractivity contribution in [2.45, 2.75) is 6.10 Å². The molecule has 3 rings (SSSR count). The summed E-state index contributed by atoms with van der Waals surface area (Å²) in [6.45, 7) is 0. The third-order valence-electron chi connectivity index (χ3n) is 3.57. The first kappa shape index (κ1) is 14.9. The summed E-state index contributed by atoms with van der Waals surface area (Å²) < 4.78 is 5.74. The van der Waals surface area contributed by atoms with Gasteiger partial charge in [0.1, 0.15) is 17.6 Å². The predicted octanol–water partition coefficient (Wildman–Crippen LogP) is 3.73. The molecule has 23 heavy (non-hydrogen) atoms. The monoisotopic (exact) mass is 306 g/mol. The molecule has 5 N–H and O–H groups in total. The summed E-state index contributed by atoms with van der Waals surface area (Å²) >= 11 is 0. The fourth-order valence-corrected chi connectivity index (χ4v) is 2.32. The predicted molar refractivity (Wildman–Crippen MR) is 92.3 cm³/mol. The van der Waals surface area contributed by atoms with E-state index in [0.29, 0.717) is 28.4 Å². The number of ether oxygens (including phenoxy) is 1. The molecule has 0 bridgehead atoms. The van der Waals surface area contributed by atoms with Crippen LogP contribution in [0.25, 0.3) is 0 Å². The molecular weight excluding hydrogens is 288 g/mol. The minimum atomic E-state index is -0.760. The Morgan fingerprint density at radius 2 is 1.43 bits per heavy atom. The third-order valence-corrected chi connectivity index (χ3v) is 3.57. The maximum Gasteiger partial charge on any atom is 0.150 e. The highest BCUT2D eigenvalue weighted by atomic mass is 16.5. The van der Waals surface area contributed by atoms with Gasteiger partial charge in [0.05, 0.1) is 5.69 Å². The molecule has 116 valence electrons. The van der Waals surface area contributed by atoms with Crippen molar-refractivity contribution in [3.63, 3.8) is 0 Å². The van der Waals surface area contributed by atoms with Crippen LogP contribution < -0.4 is 16.2 Å². The van der Waals surface area contributed by atoms with Gasteiger partial charge in [0.15, 0.2) is 0 Å². The Bertz CT molecular complexity index is 786. The van der Waals surface area contributed by atoms with E-state index in [4.69, 9.17) is 16.2 Å². The number of aliphatic hydroxyl groups excluding tert-OH is 1. The molecule has 0 amide bonds. The maximum absolute atomic E-state index is 10.5. The van der Waals surface area contributed by atoms with Crippen LogP contribution in [-0.4, -0.2) is 5.11 Å². The van der Waals surface area contributed by atoms with Gasteiger partial charge in [-0.25, -0.2) is 0 Å². The van der Waals surface area contributed by atoms with E-state index in [-0.39, 0.29) is 0 Å². The molecule has 3 aromatic rings. The number of hydrogen-bond acceptors (Lipinski definition) is 4. The van der Waals surface area contributed by atoms with Crippen LogP contribution in [0.4, 0.5) is 11.4 Å². The van der Waals surface area contributed by atoms with Crippen LogP contribution in [0.3, 0.4) is 0 Å². The van der Waals surface area contributed by atoms with Gasteiger partial charge in [-0.1, -0.05) is 36.4 Å². The van der Waals surface area contributed by atoms with Crippen molar-refractivity contribution in [2.24, 2.45) is 0 Å². The Hall–Kier alpha value is -2.98. The van der Waals surface area contributed by atoms with Crippen LogP contribution >= 0.6 is 0 Å². The molecule has 0 saturated heterocycles.